The summed E-state index contributed by atoms with van der Waals surface area (Å²) in [6, 6.07) is 20.3. The second kappa shape index (κ2) is 11.4. The molecule has 0 radical (unpaired) electrons. The molecule has 8 heteroatoms. The quantitative estimate of drug-likeness (QED) is 0.245. The number of hydrogen-bond donors (Lipinski definition) is 1. The van der Waals surface area contributed by atoms with E-state index in [-0.39, 0.29) is 29.1 Å². The lowest BCUT2D eigenvalue weighted by Gasteiger charge is -2.16. The molecule has 0 unspecified atom stereocenters. The van der Waals surface area contributed by atoms with Gasteiger partial charge in [0.05, 0.1) is 5.39 Å². The number of nitrogens with one attached hydrogen (secondary N) is 1. The van der Waals surface area contributed by atoms with Crippen molar-refractivity contribution in [3.8, 4) is 17.2 Å². The third-order valence-corrected chi connectivity index (χ3v) is 5.65. The Hall–Kier alpha value is -4.59. The van der Waals surface area contributed by atoms with Crippen molar-refractivity contribution in [2.45, 2.75) is 39.8 Å². The normalized spacial score (nSPS) is 11.5. The molecular weight excluding hydrogens is 474 g/mol. The number of amides is 1. The summed E-state index contributed by atoms with van der Waals surface area (Å²) < 4.78 is 22.4. The maximum atomic E-state index is 13.2. The van der Waals surface area contributed by atoms with E-state index in [1.165, 1.54) is 13.0 Å². The van der Waals surface area contributed by atoms with Crippen LogP contribution in [0.5, 0.6) is 17.2 Å². The zero-order valence-electron chi connectivity index (χ0n) is 20.8. The first-order valence-corrected chi connectivity index (χ1v) is 11.9. The number of alkyl carbamates (subject to hydrolysis) is 1. The number of carbonyl (C=O) groups is 2. The molecule has 8 nitrogen and oxygen atoms in total. The molecule has 0 bridgehead atoms. The van der Waals surface area contributed by atoms with Crippen LogP contribution in [0.3, 0.4) is 0 Å². The number of hydrogen-bond acceptors (Lipinski definition) is 7. The van der Waals surface area contributed by atoms with Gasteiger partial charge in [-0.25, -0.2) is 9.59 Å². The molecule has 3 aromatic carbocycles. The summed E-state index contributed by atoms with van der Waals surface area (Å²) in [4.78, 5) is 38.0. The predicted octanol–water partition coefficient (Wildman–Crippen LogP) is 5.68. The second-order valence-corrected chi connectivity index (χ2v) is 8.39. The summed E-state index contributed by atoms with van der Waals surface area (Å²) >= 11 is 0. The predicted molar refractivity (Wildman–Crippen MR) is 138 cm³/mol. The van der Waals surface area contributed by atoms with E-state index in [9.17, 15) is 14.4 Å². The molecule has 0 aliphatic carbocycles. The average Bonchev–Trinajstić information content (AvgIpc) is 2.90. The summed E-state index contributed by atoms with van der Waals surface area (Å²) in [5.41, 5.74) is 1.38. The summed E-state index contributed by atoms with van der Waals surface area (Å²) in [6.07, 6.45) is -0.253. The van der Waals surface area contributed by atoms with Gasteiger partial charge >= 0.3 is 12.1 Å². The first kappa shape index (κ1) is 25.5. The van der Waals surface area contributed by atoms with Gasteiger partial charge in [0.2, 0.25) is 11.2 Å². The lowest BCUT2D eigenvalue weighted by Crippen LogP contribution is -2.41. The highest BCUT2D eigenvalue weighted by molar-refractivity contribution is 5.85. The SMILES string of the molecule is CCc1cc2c(=O)c(Oc3ccccc3)c(C)oc2cc1OC(=O)[C@H](C)NC(=O)OCc1ccccc1. The van der Waals surface area contributed by atoms with E-state index in [1.807, 2.05) is 55.5 Å². The molecule has 0 fully saturated rings. The first-order chi connectivity index (χ1) is 17.9. The van der Waals surface area contributed by atoms with Gasteiger partial charge in [0.25, 0.3) is 0 Å². The molecule has 0 saturated carbocycles. The Labute approximate surface area is 213 Å². The Morgan fingerprint density at radius 1 is 1.00 bits per heavy atom. The molecule has 0 aliphatic rings. The van der Waals surface area contributed by atoms with Crippen LogP contribution in [0.2, 0.25) is 0 Å². The highest BCUT2D eigenvalue weighted by atomic mass is 16.6. The first-order valence-electron chi connectivity index (χ1n) is 11.9. The van der Waals surface area contributed by atoms with Crippen LogP contribution in [0, 0.1) is 6.92 Å². The van der Waals surface area contributed by atoms with E-state index in [0.717, 1.165) is 5.56 Å². The van der Waals surface area contributed by atoms with Gasteiger partial charge in [0.15, 0.2) is 0 Å². The maximum Gasteiger partial charge on any atom is 0.408 e. The molecule has 1 aromatic heterocycles. The minimum absolute atomic E-state index is 0.0768. The Balaban J connectivity index is 1.49. The van der Waals surface area contributed by atoms with Crippen LogP contribution < -0.4 is 20.2 Å². The van der Waals surface area contributed by atoms with Crippen LogP contribution in [0.1, 0.15) is 30.7 Å². The number of esters is 1. The third kappa shape index (κ3) is 6.16. The molecule has 4 rings (SSSR count). The van der Waals surface area contributed by atoms with Crippen molar-refractivity contribution < 1.29 is 28.2 Å². The monoisotopic (exact) mass is 501 g/mol. The van der Waals surface area contributed by atoms with E-state index in [4.69, 9.17) is 18.6 Å². The van der Waals surface area contributed by atoms with Crippen molar-refractivity contribution in [1.82, 2.24) is 5.32 Å². The molecule has 1 heterocycles. The van der Waals surface area contributed by atoms with Gasteiger partial charge in [-0.2, -0.15) is 0 Å². The van der Waals surface area contributed by atoms with Crippen LogP contribution in [0.25, 0.3) is 11.0 Å². The maximum absolute atomic E-state index is 13.2. The fourth-order valence-electron chi connectivity index (χ4n) is 3.65. The minimum atomic E-state index is -0.973. The van der Waals surface area contributed by atoms with Crippen LogP contribution in [-0.4, -0.2) is 18.1 Å². The minimum Gasteiger partial charge on any atom is -0.457 e. The molecule has 190 valence electrons. The molecule has 0 saturated heterocycles. The Morgan fingerprint density at radius 3 is 2.35 bits per heavy atom. The van der Waals surface area contributed by atoms with E-state index >= 15 is 0 Å². The zero-order valence-corrected chi connectivity index (χ0v) is 20.8. The number of aryl methyl sites for hydroxylation is 2. The average molecular weight is 502 g/mol. The molecule has 0 spiro atoms. The number of carbonyl (C=O) groups excluding carboxylic acids is 2. The van der Waals surface area contributed by atoms with Crippen molar-refractivity contribution in [2.24, 2.45) is 0 Å². The highest BCUT2D eigenvalue weighted by Gasteiger charge is 2.22. The summed E-state index contributed by atoms with van der Waals surface area (Å²) in [6.45, 7) is 5.08. The second-order valence-electron chi connectivity index (χ2n) is 8.39. The topological polar surface area (TPSA) is 104 Å². The number of para-hydroxylation sites is 1. The highest BCUT2D eigenvalue weighted by Crippen LogP contribution is 2.30. The standard InChI is InChI=1S/C29H27NO7/c1-4-21-15-23-25(35-19(3)27(26(23)31)36-22-13-9-6-10-14-22)16-24(21)37-28(32)18(2)30-29(33)34-17-20-11-7-5-8-12-20/h5-16,18H,4,17H2,1-3H3,(H,30,33)/t18-/m0/s1. The van der Waals surface area contributed by atoms with Crippen molar-refractivity contribution in [3.05, 3.63) is 99.9 Å². The van der Waals surface area contributed by atoms with Crippen LogP contribution in [-0.2, 0) is 22.6 Å². The van der Waals surface area contributed by atoms with Crippen molar-refractivity contribution in [2.75, 3.05) is 0 Å². The summed E-state index contributed by atoms with van der Waals surface area (Å²) in [7, 11) is 0. The van der Waals surface area contributed by atoms with E-state index < -0.39 is 18.1 Å². The Kier molecular flexibility index (Phi) is 7.88. The number of fused-ring (bicyclic) bond motifs is 1. The van der Waals surface area contributed by atoms with Gasteiger partial charge in [-0.3, -0.25) is 4.79 Å². The Bertz CT molecular complexity index is 1460. The Morgan fingerprint density at radius 2 is 1.68 bits per heavy atom. The van der Waals surface area contributed by atoms with Crippen LogP contribution in [0.4, 0.5) is 4.79 Å². The molecule has 4 aromatic rings. The lowest BCUT2D eigenvalue weighted by molar-refractivity contribution is -0.136. The molecule has 1 N–H and O–H groups in total. The summed E-state index contributed by atoms with van der Waals surface area (Å²) in [5.74, 6) is 0.457. The van der Waals surface area contributed by atoms with E-state index in [2.05, 4.69) is 5.32 Å². The van der Waals surface area contributed by atoms with Crippen LogP contribution >= 0.6 is 0 Å². The largest absolute Gasteiger partial charge is 0.457 e. The van der Waals surface area contributed by atoms with Crippen LogP contribution in [0.15, 0.2) is 82.0 Å². The van der Waals surface area contributed by atoms with Crippen molar-refractivity contribution in [3.63, 3.8) is 0 Å². The third-order valence-electron chi connectivity index (χ3n) is 5.65. The van der Waals surface area contributed by atoms with Gasteiger partial charge in [0, 0.05) is 6.07 Å². The summed E-state index contributed by atoms with van der Waals surface area (Å²) in [5, 5.41) is 2.78. The molecule has 1 amide bonds. The van der Waals surface area contributed by atoms with Crippen molar-refractivity contribution in [1.29, 1.82) is 0 Å². The van der Waals surface area contributed by atoms with Gasteiger partial charge < -0.3 is 23.9 Å². The number of ether oxygens (including phenoxy) is 3. The van der Waals surface area contributed by atoms with E-state index in [1.54, 1.807) is 25.1 Å². The van der Waals surface area contributed by atoms with E-state index in [0.29, 0.717) is 28.9 Å². The number of rotatable bonds is 8. The molecule has 1 atom stereocenters. The fraction of sp³-hybridized carbons (Fsp3) is 0.207. The zero-order chi connectivity index (χ0) is 26.4. The van der Waals surface area contributed by atoms with Gasteiger partial charge in [0.1, 0.15) is 35.5 Å². The van der Waals surface area contributed by atoms with Gasteiger partial charge in [-0.05, 0) is 49.6 Å². The smallest absolute Gasteiger partial charge is 0.408 e. The fourth-order valence-corrected chi connectivity index (χ4v) is 3.65. The molecule has 37 heavy (non-hydrogen) atoms. The molecular formula is C29H27NO7. The van der Waals surface area contributed by atoms with Gasteiger partial charge in [-0.15, -0.1) is 0 Å². The van der Waals surface area contributed by atoms with Crippen molar-refractivity contribution >= 4 is 23.0 Å². The van der Waals surface area contributed by atoms with Gasteiger partial charge in [-0.1, -0.05) is 55.5 Å². The molecule has 0 aliphatic heterocycles. The number of benzene rings is 3. The lowest BCUT2D eigenvalue weighted by atomic mass is 10.1.